The number of rotatable bonds is 47. The summed E-state index contributed by atoms with van der Waals surface area (Å²) in [5.74, 6) is -0.996. The molecule has 366 valence electrons. The van der Waals surface area contributed by atoms with Gasteiger partial charge >= 0.3 is 17.9 Å². The summed E-state index contributed by atoms with van der Waals surface area (Å²) in [6.07, 6.45) is 67.2. The zero-order valence-corrected chi connectivity index (χ0v) is 41.8. The third kappa shape index (κ3) is 49.6. The van der Waals surface area contributed by atoms with Crippen molar-refractivity contribution < 1.29 is 28.6 Å². The molecule has 0 aliphatic carbocycles. The summed E-state index contributed by atoms with van der Waals surface area (Å²) in [4.78, 5) is 38.0. The smallest absolute Gasteiger partial charge is 0.306 e. The quantitative estimate of drug-likeness (QED) is 0.0262. The highest BCUT2D eigenvalue weighted by molar-refractivity contribution is 5.71. The number of carbonyl (C=O) groups excluding carboxylic acids is 3. The molecule has 0 bridgehead atoms. The summed E-state index contributed by atoms with van der Waals surface area (Å²) in [5, 5.41) is 0. The molecule has 6 heteroatoms. The highest BCUT2D eigenvalue weighted by Crippen LogP contribution is 2.14. The molecule has 0 radical (unpaired) electrons. The van der Waals surface area contributed by atoms with Crippen LogP contribution in [0.3, 0.4) is 0 Å². The first-order chi connectivity index (χ1) is 31.5. The summed E-state index contributed by atoms with van der Waals surface area (Å²) < 4.78 is 16.7. The fourth-order valence-corrected chi connectivity index (χ4v) is 7.17. The summed E-state index contributed by atoms with van der Waals surface area (Å²) in [6.45, 7) is 6.44. The molecular formula is C58H98O6. The number of allylic oxidation sites excluding steroid dienone is 14. The van der Waals surface area contributed by atoms with Crippen LogP contribution in [0, 0.1) is 0 Å². The molecular weight excluding hydrogens is 793 g/mol. The van der Waals surface area contributed by atoms with Crippen molar-refractivity contribution in [3.8, 4) is 0 Å². The van der Waals surface area contributed by atoms with E-state index in [2.05, 4.69) is 99.8 Å². The summed E-state index contributed by atoms with van der Waals surface area (Å²) >= 11 is 0. The molecule has 64 heavy (non-hydrogen) atoms. The Morgan fingerprint density at radius 1 is 0.328 bits per heavy atom. The number of esters is 3. The Labute approximate surface area is 395 Å². The van der Waals surface area contributed by atoms with E-state index in [4.69, 9.17) is 14.2 Å². The van der Waals surface area contributed by atoms with Gasteiger partial charge in [0.2, 0.25) is 0 Å². The molecule has 0 fully saturated rings. The molecule has 0 aromatic carbocycles. The second-order valence-corrected chi connectivity index (χ2v) is 17.4. The lowest BCUT2D eigenvalue weighted by atomic mass is 10.0. The van der Waals surface area contributed by atoms with Gasteiger partial charge in [-0.2, -0.15) is 0 Å². The van der Waals surface area contributed by atoms with E-state index < -0.39 is 6.10 Å². The van der Waals surface area contributed by atoms with Gasteiger partial charge in [0.15, 0.2) is 6.10 Å². The predicted molar refractivity (Wildman–Crippen MR) is 274 cm³/mol. The number of unbranched alkanes of at least 4 members (excludes halogenated alkanes) is 22. The number of carbonyl (C=O) groups is 3. The second kappa shape index (κ2) is 52.2. The SMILES string of the molecule is CC/C=C\C/C=C\C/C=C\C/C=C\C/C=C\C/C=C\CCC(=O)OC[C@H](COC(=O)CCCCCCC/C=C\CCCCCCCC)OC(=O)CCCCCCCCCCCCCC. The van der Waals surface area contributed by atoms with E-state index in [1.165, 1.54) is 116 Å². The molecule has 0 spiro atoms. The first kappa shape index (κ1) is 60.6. The van der Waals surface area contributed by atoms with Crippen molar-refractivity contribution in [3.63, 3.8) is 0 Å². The minimum Gasteiger partial charge on any atom is -0.462 e. The molecule has 0 unspecified atom stereocenters. The molecule has 0 saturated carbocycles. The zero-order valence-electron chi connectivity index (χ0n) is 41.8. The lowest BCUT2D eigenvalue weighted by Crippen LogP contribution is -2.30. The molecule has 0 aromatic rings. The van der Waals surface area contributed by atoms with Crippen molar-refractivity contribution in [3.05, 3.63) is 85.1 Å². The zero-order chi connectivity index (χ0) is 46.5. The maximum Gasteiger partial charge on any atom is 0.306 e. The third-order valence-electron chi connectivity index (χ3n) is 11.1. The van der Waals surface area contributed by atoms with Gasteiger partial charge in [-0.25, -0.2) is 0 Å². The van der Waals surface area contributed by atoms with E-state index in [0.29, 0.717) is 19.3 Å². The van der Waals surface area contributed by atoms with Crippen LogP contribution in [0.15, 0.2) is 85.1 Å². The molecule has 0 amide bonds. The van der Waals surface area contributed by atoms with Crippen LogP contribution in [-0.2, 0) is 28.6 Å². The Morgan fingerprint density at radius 3 is 1.05 bits per heavy atom. The summed E-state index contributed by atoms with van der Waals surface area (Å²) in [5.41, 5.74) is 0. The van der Waals surface area contributed by atoms with Gasteiger partial charge in [0, 0.05) is 19.3 Å². The Bertz CT molecular complexity index is 1250. The van der Waals surface area contributed by atoms with Crippen LogP contribution in [-0.4, -0.2) is 37.2 Å². The Balaban J connectivity index is 4.48. The first-order valence-electron chi connectivity index (χ1n) is 26.6. The standard InChI is InChI=1S/C58H98O6/c1-4-7-10-13-16-19-22-25-27-28-29-30-32-34-37-39-42-45-48-51-57(60)63-54-55(64-58(61)52-49-46-43-40-35-24-21-18-15-12-9-6-3)53-62-56(59)50-47-44-41-38-36-33-31-26-23-20-17-14-11-8-5-2/h7,10,16,19,25-27,29-31,34,37,42,45,55H,4-6,8-9,11-15,17-18,20-24,28,32-33,35-36,38-41,43-44,46-54H2,1-3H3/b10-7-,19-16-,27-25-,30-29-,31-26-,37-34-,45-42-/t55-/m0/s1. The van der Waals surface area contributed by atoms with Crippen LogP contribution in [0.1, 0.15) is 245 Å². The van der Waals surface area contributed by atoms with Gasteiger partial charge in [-0.05, 0) is 83.5 Å². The highest BCUT2D eigenvalue weighted by atomic mass is 16.6. The second-order valence-electron chi connectivity index (χ2n) is 17.4. The molecule has 0 saturated heterocycles. The lowest BCUT2D eigenvalue weighted by molar-refractivity contribution is -0.166. The van der Waals surface area contributed by atoms with Gasteiger partial charge in [-0.1, -0.05) is 228 Å². The van der Waals surface area contributed by atoms with E-state index in [9.17, 15) is 14.4 Å². The molecule has 6 nitrogen and oxygen atoms in total. The van der Waals surface area contributed by atoms with Crippen LogP contribution >= 0.6 is 0 Å². The molecule has 0 rings (SSSR count). The van der Waals surface area contributed by atoms with Crippen LogP contribution in [0.4, 0.5) is 0 Å². The largest absolute Gasteiger partial charge is 0.462 e. The molecule has 0 heterocycles. The minimum atomic E-state index is -0.808. The van der Waals surface area contributed by atoms with Crippen LogP contribution < -0.4 is 0 Å². The van der Waals surface area contributed by atoms with Crippen molar-refractivity contribution in [2.75, 3.05) is 13.2 Å². The maximum absolute atomic E-state index is 12.8. The monoisotopic (exact) mass is 891 g/mol. The van der Waals surface area contributed by atoms with Gasteiger partial charge < -0.3 is 14.2 Å². The van der Waals surface area contributed by atoms with Crippen molar-refractivity contribution in [2.24, 2.45) is 0 Å². The highest BCUT2D eigenvalue weighted by Gasteiger charge is 2.19. The Kier molecular flexibility index (Phi) is 49.4. The average molecular weight is 891 g/mol. The fourth-order valence-electron chi connectivity index (χ4n) is 7.17. The third-order valence-corrected chi connectivity index (χ3v) is 11.1. The van der Waals surface area contributed by atoms with Crippen molar-refractivity contribution >= 4 is 17.9 Å². The Morgan fingerprint density at radius 2 is 0.641 bits per heavy atom. The van der Waals surface area contributed by atoms with Crippen molar-refractivity contribution in [1.82, 2.24) is 0 Å². The van der Waals surface area contributed by atoms with E-state index in [1.807, 2.05) is 6.08 Å². The molecule has 0 aromatic heterocycles. The van der Waals surface area contributed by atoms with Gasteiger partial charge in [0.05, 0.1) is 0 Å². The molecule has 0 aliphatic rings. The summed E-state index contributed by atoms with van der Waals surface area (Å²) in [6, 6.07) is 0. The van der Waals surface area contributed by atoms with Crippen LogP contribution in [0.2, 0.25) is 0 Å². The lowest BCUT2D eigenvalue weighted by Gasteiger charge is -2.18. The maximum atomic E-state index is 12.8. The predicted octanol–water partition coefficient (Wildman–Crippen LogP) is 17.6. The van der Waals surface area contributed by atoms with Crippen molar-refractivity contribution in [2.45, 2.75) is 252 Å². The van der Waals surface area contributed by atoms with Gasteiger partial charge in [-0.3, -0.25) is 14.4 Å². The van der Waals surface area contributed by atoms with E-state index in [0.717, 1.165) is 83.5 Å². The topological polar surface area (TPSA) is 78.9 Å². The minimum absolute atomic E-state index is 0.103. The van der Waals surface area contributed by atoms with Gasteiger partial charge in [0.1, 0.15) is 13.2 Å². The number of hydrogen-bond acceptors (Lipinski definition) is 6. The van der Waals surface area contributed by atoms with Crippen molar-refractivity contribution in [1.29, 1.82) is 0 Å². The first-order valence-corrected chi connectivity index (χ1v) is 26.6. The number of ether oxygens (including phenoxy) is 3. The Hall–Kier alpha value is -3.41. The van der Waals surface area contributed by atoms with Crippen LogP contribution in [0.5, 0.6) is 0 Å². The average Bonchev–Trinajstić information content (AvgIpc) is 3.29. The van der Waals surface area contributed by atoms with E-state index in [-0.39, 0.29) is 37.5 Å². The fraction of sp³-hybridized carbons (Fsp3) is 0.707. The molecule has 1 atom stereocenters. The van der Waals surface area contributed by atoms with E-state index in [1.54, 1.807) is 0 Å². The van der Waals surface area contributed by atoms with Gasteiger partial charge in [0.25, 0.3) is 0 Å². The van der Waals surface area contributed by atoms with E-state index >= 15 is 0 Å². The summed E-state index contributed by atoms with van der Waals surface area (Å²) in [7, 11) is 0. The van der Waals surface area contributed by atoms with Gasteiger partial charge in [-0.15, -0.1) is 0 Å². The van der Waals surface area contributed by atoms with Crippen LogP contribution in [0.25, 0.3) is 0 Å². The normalized spacial score (nSPS) is 12.7. The number of hydrogen-bond donors (Lipinski definition) is 0. The molecule has 0 aliphatic heterocycles. The molecule has 0 N–H and O–H groups in total.